The summed E-state index contributed by atoms with van der Waals surface area (Å²) in [4.78, 5) is 30.9. The third-order valence-corrected chi connectivity index (χ3v) is 4.18. The molecule has 7 nitrogen and oxygen atoms in total. The number of piperidine rings is 1. The lowest BCUT2D eigenvalue weighted by molar-refractivity contribution is -0.148. The molecule has 0 amide bonds. The second-order valence-corrected chi connectivity index (χ2v) is 6.27. The Hall–Kier alpha value is -2.29. The van der Waals surface area contributed by atoms with E-state index >= 15 is 0 Å². The summed E-state index contributed by atoms with van der Waals surface area (Å²) in [6.07, 6.45) is 2.36. The van der Waals surface area contributed by atoms with E-state index in [4.69, 9.17) is 26.6 Å². The molecule has 2 rings (SSSR count). The molecular weight excluding hydrogens is 381 g/mol. The molecule has 0 radical (unpaired) electrons. The van der Waals surface area contributed by atoms with Crippen molar-refractivity contribution in [1.29, 1.82) is 0 Å². The zero-order chi connectivity index (χ0) is 20.4. The van der Waals surface area contributed by atoms with Gasteiger partial charge in [0.1, 0.15) is 11.4 Å². The van der Waals surface area contributed by atoms with Crippen LogP contribution in [0.1, 0.15) is 25.3 Å². The number of Topliss-reactive ketones (excluding diaryl/α,β-unsaturated/α-hetero) is 1. The number of nitrogens with one attached hydrogen (secondary N) is 1. The number of hydrogen-bond acceptors (Lipinski definition) is 5. The van der Waals surface area contributed by atoms with E-state index in [1.165, 1.54) is 13.0 Å². The summed E-state index contributed by atoms with van der Waals surface area (Å²) in [5, 5.41) is 19.2. The first-order valence-corrected chi connectivity index (χ1v) is 8.47. The van der Waals surface area contributed by atoms with Gasteiger partial charge in [0.2, 0.25) is 0 Å². The maximum atomic E-state index is 13.7. The third-order valence-electron chi connectivity index (χ3n) is 3.94. The van der Waals surface area contributed by atoms with E-state index in [0.29, 0.717) is 35.6 Å². The number of rotatable bonds is 6. The molecule has 0 unspecified atom stereocenters. The fraction of sp³-hybridized carbons (Fsp3) is 0.389. The minimum atomic E-state index is -1.26. The minimum absolute atomic E-state index is 0.00312. The van der Waals surface area contributed by atoms with Crippen LogP contribution in [0.15, 0.2) is 30.4 Å². The highest BCUT2D eigenvalue weighted by molar-refractivity contribution is 6.30. The molecule has 1 aliphatic heterocycles. The summed E-state index contributed by atoms with van der Waals surface area (Å²) in [7, 11) is 0. The van der Waals surface area contributed by atoms with Crippen molar-refractivity contribution in [2.24, 2.45) is 0 Å². The van der Waals surface area contributed by atoms with E-state index < -0.39 is 23.4 Å². The van der Waals surface area contributed by atoms with Crippen LogP contribution in [-0.2, 0) is 25.7 Å². The molecular formula is C18H21ClFNO6. The fourth-order valence-corrected chi connectivity index (χ4v) is 2.58. The van der Waals surface area contributed by atoms with Crippen LogP contribution in [0.2, 0.25) is 5.02 Å². The van der Waals surface area contributed by atoms with Gasteiger partial charge in [-0.3, -0.25) is 4.79 Å². The Morgan fingerprint density at radius 2 is 1.78 bits per heavy atom. The summed E-state index contributed by atoms with van der Waals surface area (Å²) in [6, 6.07) is 4.46. The van der Waals surface area contributed by atoms with Crippen molar-refractivity contribution in [2.75, 3.05) is 13.1 Å². The summed E-state index contributed by atoms with van der Waals surface area (Å²) in [6.45, 7) is 3.09. The molecule has 0 spiro atoms. The van der Waals surface area contributed by atoms with E-state index in [2.05, 4.69) is 5.32 Å². The van der Waals surface area contributed by atoms with Gasteiger partial charge in [-0.15, -0.1) is 0 Å². The SMILES string of the molecule is CC(=O)C1(OCc2ccc(Cl)cc2F)CCNCC1.O=C(O)C=CC(=O)O. The monoisotopic (exact) mass is 401 g/mol. The highest BCUT2D eigenvalue weighted by Crippen LogP contribution is 2.26. The number of carbonyl (C=O) groups is 3. The maximum Gasteiger partial charge on any atom is 0.328 e. The minimum Gasteiger partial charge on any atom is -0.478 e. The van der Waals surface area contributed by atoms with Crippen molar-refractivity contribution in [1.82, 2.24) is 5.32 Å². The number of carboxylic acids is 2. The lowest BCUT2D eigenvalue weighted by Crippen LogP contribution is -2.48. The van der Waals surface area contributed by atoms with E-state index in [0.717, 1.165) is 13.1 Å². The Labute approximate surface area is 160 Å². The average molecular weight is 402 g/mol. The van der Waals surface area contributed by atoms with Gasteiger partial charge in [-0.1, -0.05) is 17.7 Å². The molecule has 3 N–H and O–H groups in total. The smallest absolute Gasteiger partial charge is 0.328 e. The van der Waals surface area contributed by atoms with Gasteiger partial charge in [0, 0.05) is 22.7 Å². The van der Waals surface area contributed by atoms with E-state index in [1.54, 1.807) is 12.1 Å². The van der Waals surface area contributed by atoms with Gasteiger partial charge in [-0.25, -0.2) is 14.0 Å². The van der Waals surface area contributed by atoms with E-state index in [-0.39, 0.29) is 12.4 Å². The van der Waals surface area contributed by atoms with Crippen molar-refractivity contribution in [3.63, 3.8) is 0 Å². The second-order valence-electron chi connectivity index (χ2n) is 5.83. The summed E-state index contributed by atoms with van der Waals surface area (Å²) in [5.74, 6) is -2.91. The molecule has 0 aromatic heterocycles. The first-order valence-electron chi connectivity index (χ1n) is 8.10. The second kappa shape index (κ2) is 10.8. The van der Waals surface area contributed by atoms with Crippen molar-refractivity contribution in [3.05, 3.63) is 46.8 Å². The standard InChI is InChI=1S/C14H17ClFNO2.C4H4O4/c1-10(18)14(4-6-17-7-5-14)19-9-11-2-3-12(15)8-13(11)16;5-3(6)1-2-4(7)8/h2-3,8,17H,4-7,9H2,1H3;1-2H,(H,5,6)(H,7,8). The van der Waals surface area contributed by atoms with Crippen LogP contribution in [0.5, 0.6) is 0 Å². The van der Waals surface area contributed by atoms with Crippen LogP contribution in [0.25, 0.3) is 0 Å². The quantitative estimate of drug-likeness (QED) is 0.627. The zero-order valence-corrected chi connectivity index (χ0v) is 15.5. The van der Waals surface area contributed by atoms with Gasteiger partial charge >= 0.3 is 11.9 Å². The van der Waals surface area contributed by atoms with E-state index in [1.807, 2.05) is 0 Å². The Morgan fingerprint density at radius 1 is 1.22 bits per heavy atom. The Kier molecular flexibility index (Phi) is 9.07. The number of ketones is 1. The Morgan fingerprint density at radius 3 is 2.22 bits per heavy atom. The van der Waals surface area contributed by atoms with Crippen LogP contribution in [0.3, 0.4) is 0 Å². The van der Waals surface area contributed by atoms with Crippen LogP contribution in [0.4, 0.5) is 4.39 Å². The normalized spacial score (nSPS) is 15.7. The molecule has 0 saturated carbocycles. The number of benzene rings is 1. The lowest BCUT2D eigenvalue weighted by atomic mass is 9.88. The van der Waals surface area contributed by atoms with Crippen LogP contribution in [-0.4, -0.2) is 46.6 Å². The molecule has 1 aromatic rings. The highest BCUT2D eigenvalue weighted by Gasteiger charge is 2.37. The topological polar surface area (TPSA) is 113 Å². The zero-order valence-electron chi connectivity index (χ0n) is 14.7. The van der Waals surface area contributed by atoms with Gasteiger partial charge in [0.25, 0.3) is 0 Å². The van der Waals surface area contributed by atoms with Crippen molar-refractivity contribution in [2.45, 2.75) is 32.0 Å². The lowest BCUT2D eigenvalue weighted by Gasteiger charge is -2.35. The molecule has 1 saturated heterocycles. The van der Waals surface area contributed by atoms with Crippen molar-refractivity contribution >= 4 is 29.3 Å². The molecule has 0 atom stereocenters. The molecule has 1 fully saturated rings. The number of aliphatic carboxylic acids is 2. The highest BCUT2D eigenvalue weighted by atomic mass is 35.5. The third kappa shape index (κ3) is 7.86. The summed E-state index contributed by atoms with van der Waals surface area (Å²) in [5.41, 5.74) is -0.360. The number of carbonyl (C=O) groups excluding carboxylic acids is 1. The number of halogens is 2. The van der Waals surface area contributed by atoms with Crippen LogP contribution >= 0.6 is 11.6 Å². The predicted octanol–water partition coefficient (Wildman–Crippen LogP) is 2.42. The number of carboxylic acid groups (broad SMARTS) is 2. The predicted molar refractivity (Wildman–Crippen MR) is 96.1 cm³/mol. The number of hydrogen-bond donors (Lipinski definition) is 3. The van der Waals surface area contributed by atoms with Crippen LogP contribution in [0, 0.1) is 5.82 Å². The molecule has 9 heteroatoms. The van der Waals surface area contributed by atoms with Crippen molar-refractivity contribution < 1.29 is 33.7 Å². The van der Waals surface area contributed by atoms with Gasteiger partial charge in [-0.2, -0.15) is 0 Å². The van der Waals surface area contributed by atoms with Crippen molar-refractivity contribution in [3.8, 4) is 0 Å². The fourth-order valence-electron chi connectivity index (χ4n) is 2.43. The Balaban J connectivity index is 0.000000387. The average Bonchev–Trinajstić information content (AvgIpc) is 2.60. The molecule has 1 aromatic carbocycles. The van der Waals surface area contributed by atoms with Gasteiger partial charge in [0.15, 0.2) is 5.78 Å². The van der Waals surface area contributed by atoms with Gasteiger partial charge < -0.3 is 20.3 Å². The summed E-state index contributed by atoms with van der Waals surface area (Å²) >= 11 is 5.70. The molecule has 27 heavy (non-hydrogen) atoms. The van der Waals surface area contributed by atoms with E-state index in [9.17, 15) is 18.8 Å². The number of ether oxygens (including phenoxy) is 1. The Bertz CT molecular complexity index is 700. The summed E-state index contributed by atoms with van der Waals surface area (Å²) < 4.78 is 19.4. The van der Waals surface area contributed by atoms with Gasteiger partial charge in [-0.05, 0) is 45.0 Å². The first kappa shape index (κ1) is 22.8. The largest absolute Gasteiger partial charge is 0.478 e. The molecule has 1 aliphatic rings. The molecule has 1 heterocycles. The molecule has 148 valence electrons. The molecule has 0 bridgehead atoms. The van der Waals surface area contributed by atoms with Crippen LogP contribution < -0.4 is 5.32 Å². The molecule has 0 aliphatic carbocycles. The first-order chi connectivity index (χ1) is 12.7. The van der Waals surface area contributed by atoms with Gasteiger partial charge in [0.05, 0.1) is 6.61 Å². The maximum absolute atomic E-state index is 13.7.